The Morgan fingerprint density at radius 2 is 2.28 bits per heavy atom. The van der Waals surface area contributed by atoms with Crippen LogP contribution in [0.4, 0.5) is 0 Å². The second-order valence-corrected chi connectivity index (χ2v) is 6.64. The van der Waals surface area contributed by atoms with Crippen molar-refractivity contribution in [3.8, 4) is 0 Å². The fraction of sp³-hybridized carbons (Fsp3) is 0.600. The number of fused-ring (bicyclic) bond motifs is 1. The predicted octanol–water partition coefficient (Wildman–Crippen LogP) is 3.02. The summed E-state index contributed by atoms with van der Waals surface area (Å²) in [4.78, 5) is 1.46. The fourth-order valence-electron chi connectivity index (χ4n) is 3.33. The Morgan fingerprint density at radius 1 is 1.44 bits per heavy atom. The lowest BCUT2D eigenvalue weighted by Gasteiger charge is -2.33. The minimum atomic E-state index is 0.197. The van der Waals surface area contributed by atoms with Crippen molar-refractivity contribution in [3.63, 3.8) is 0 Å². The van der Waals surface area contributed by atoms with Crippen molar-refractivity contribution in [2.24, 2.45) is 11.1 Å². The summed E-state index contributed by atoms with van der Waals surface area (Å²) in [6.07, 6.45) is 2.60. The van der Waals surface area contributed by atoms with Gasteiger partial charge in [-0.25, -0.2) is 0 Å². The molecule has 18 heavy (non-hydrogen) atoms. The summed E-state index contributed by atoms with van der Waals surface area (Å²) in [7, 11) is 0. The van der Waals surface area contributed by atoms with Gasteiger partial charge in [0.05, 0.1) is 6.10 Å². The van der Waals surface area contributed by atoms with Crippen LogP contribution in [0.1, 0.15) is 31.2 Å². The molecule has 1 aromatic carbocycles. The number of thioether (sulfide) groups is 1. The lowest BCUT2D eigenvalue weighted by molar-refractivity contribution is 0.0602. The van der Waals surface area contributed by atoms with Gasteiger partial charge < -0.3 is 10.5 Å². The molecule has 1 fully saturated rings. The summed E-state index contributed by atoms with van der Waals surface area (Å²) in [6.45, 7) is 3.81. The molecule has 3 atom stereocenters. The Morgan fingerprint density at radius 3 is 3.00 bits per heavy atom. The topological polar surface area (TPSA) is 35.2 Å². The molecule has 0 spiro atoms. The average molecular weight is 263 g/mol. The van der Waals surface area contributed by atoms with Crippen LogP contribution >= 0.6 is 11.8 Å². The molecule has 3 heteroatoms. The molecule has 2 aliphatic rings. The number of nitrogens with two attached hydrogens (primary N) is 1. The highest BCUT2D eigenvalue weighted by molar-refractivity contribution is 7.99. The van der Waals surface area contributed by atoms with Crippen molar-refractivity contribution in [3.05, 3.63) is 29.8 Å². The highest BCUT2D eigenvalue weighted by Gasteiger charge is 2.43. The second-order valence-electron chi connectivity index (χ2n) is 5.58. The third kappa shape index (κ3) is 1.98. The maximum atomic E-state index is 6.07. The van der Waals surface area contributed by atoms with Gasteiger partial charge in [0, 0.05) is 29.2 Å². The van der Waals surface area contributed by atoms with Gasteiger partial charge in [-0.2, -0.15) is 0 Å². The lowest BCUT2D eigenvalue weighted by atomic mass is 9.73. The van der Waals surface area contributed by atoms with Gasteiger partial charge in [0.2, 0.25) is 0 Å². The van der Waals surface area contributed by atoms with Crippen LogP contribution in [0.2, 0.25) is 0 Å². The van der Waals surface area contributed by atoms with E-state index in [4.69, 9.17) is 10.5 Å². The Labute approximate surface area is 113 Å². The molecule has 2 aliphatic heterocycles. The summed E-state index contributed by atoms with van der Waals surface area (Å²) in [5.41, 5.74) is 7.79. The van der Waals surface area contributed by atoms with Crippen LogP contribution in [0.5, 0.6) is 0 Å². The van der Waals surface area contributed by atoms with E-state index in [0.717, 1.165) is 19.6 Å². The van der Waals surface area contributed by atoms with Gasteiger partial charge in [-0.15, -0.1) is 11.8 Å². The molecule has 0 saturated carbocycles. The van der Waals surface area contributed by atoms with Gasteiger partial charge in [-0.3, -0.25) is 0 Å². The van der Waals surface area contributed by atoms with Crippen molar-refractivity contribution in [1.29, 1.82) is 0 Å². The van der Waals surface area contributed by atoms with Gasteiger partial charge in [0.1, 0.15) is 0 Å². The lowest BCUT2D eigenvalue weighted by Crippen LogP contribution is -2.38. The number of benzene rings is 1. The van der Waals surface area contributed by atoms with Crippen molar-refractivity contribution in [1.82, 2.24) is 0 Å². The summed E-state index contributed by atoms with van der Waals surface area (Å²) < 4.78 is 5.77. The Bertz CT molecular complexity index is 436. The fourth-order valence-corrected chi connectivity index (χ4v) is 4.58. The van der Waals surface area contributed by atoms with E-state index < -0.39 is 0 Å². The second kappa shape index (κ2) is 4.87. The van der Waals surface area contributed by atoms with E-state index >= 15 is 0 Å². The van der Waals surface area contributed by atoms with Gasteiger partial charge in [-0.05, 0) is 37.3 Å². The quantitative estimate of drug-likeness (QED) is 0.910. The first kappa shape index (κ1) is 12.5. The monoisotopic (exact) mass is 263 g/mol. The largest absolute Gasteiger partial charge is 0.378 e. The molecule has 0 aromatic heterocycles. The smallest absolute Gasteiger partial charge is 0.0616 e. The molecular formula is C15H21NOS. The van der Waals surface area contributed by atoms with E-state index in [1.807, 2.05) is 11.8 Å². The third-order valence-corrected chi connectivity index (χ3v) is 5.94. The molecule has 98 valence electrons. The minimum absolute atomic E-state index is 0.197. The predicted molar refractivity (Wildman–Crippen MR) is 76.0 cm³/mol. The zero-order chi connectivity index (χ0) is 12.6. The van der Waals surface area contributed by atoms with Crippen molar-refractivity contribution in [2.45, 2.75) is 36.7 Å². The standard InChI is InChI=1S/C15H21NOS/c1-11-15(10-16,6-7-17-11)8-12-9-18-14-5-3-2-4-13(12)14/h2-5,11-12H,6-10,16H2,1H3. The first-order valence-electron chi connectivity index (χ1n) is 6.78. The van der Waals surface area contributed by atoms with E-state index in [0.29, 0.717) is 12.0 Å². The van der Waals surface area contributed by atoms with Gasteiger partial charge in [0.25, 0.3) is 0 Å². The van der Waals surface area contributed by atoms with E-state index in [-0.39, 0.29) is 5.41 Å². The molecule has 0 amide bonds. The SMILES string of the molecule is CC1OCCC1(CN)CC1CSc2ccccc21. The number of rotatable bonds is 3. The number of hydrogen-bond donors (Lipinski definition) is 1. The highest BCUT2D eigenvalue weighted by Crippen LogP contribution is 2.48. The molecule has 0 bridgehead atoms. The van der Waals surface area contributed by atoms with Crippen LogP contribution < -0.4 is 5.73 Å². The van der Waals surface area contributed by atoms with Crippen LogP contribution in [0.3, 0.4) is 0 Å². The molecule has 3 rings (SSSR count). The highest BCUT2D eigenvalue weighted by atomic mass is 32.2. The summed E-state index contributed by atoms with van der Waals surface area (Å²) in [5.74, 6) is 1.85. The van der Waals surface area contributed by atoms with E-state index in [9.17, 15) is 0 Å². The van der Waals surface area contributed by atoms with Crippen molar-refractivity contribution < 1.29 is 4.74 Å². The Hall–Kier alpha value is -0.510. The molecular weight excluding hydrogens is 242 g/mol. The van der Waals surface area contributed by atoms with Gasteiger partial charge >= 0.3 is 0 Å². The molecule has 1 saturated heterocycles. The molecule has 0 aliphatic carbocycles. The van der Waals surface area contributed by atoms with E-state index in [2.05, 4.69) is 31.2 Å². The number of hydrogen-bond acceptors (Lipinski definition) is 3. The van der Waals surface area contributed by atoms with E-state index in [1.54, 1.807) is 0 Å². The van der Waals surface area contributed by atoms with Crippen molar-refractivity contribution >= 4 is 11.8 Å². The first-order chi connectivity index (χ1) is 8.75. The average Bonchev–Trinajstić information content (AvgIpc) is 2.96. The van der Waals surface area contributed by atoms with E-state index in [1.165, 1.54) is 22.6 Å². The molecule has 3 unspecified atom stereocenters. The molecule has 0 radical (unpaired) electrons. The Kier molecular flexibility index (Phi) is 3.39. The van der Waals surface area contributed by atoms with Crippen LogP contribution in [0.25, 0.3) is 0 Å². The molecule has 2 N–H and O–H groups in total. The normalized spacial score (nSPS) is 34.8. The first-order valence-corrected chi connectivity index (χ1v) is 7.77. The zero-order valence-corrected chi connectivity index (χ0v) is 11.7. The summed E-state index contributed by atoms with van der Waals surface area (Å²) in [5, 5.41) is 0. The number of ether oxygens (including phenoxy) is 1. The maximum Gasteiger partial charge on any atom is 0.0616 e. The van der Waals surface area contributed by atoms with Crippen LogP contribution in [0, 0.1) is 5.41 Å². The van der Waals surface area contributed by atoms with Gasteiger partial charge in [-0.1, -0.05) is 18.2 Å². The maximum absolute atomic E-state index is 6.07. The molecule has 2 nitrogen and oxygen atoms in total. The van der Waals surface area contributed by atoms with Crippen LogP contribution in [-0.4, -0.2) is 25.0 Å². The van der Waals surface area contributed by atoms with Crippen LogP contribution in [-0.2, 0) is 4.74 Å². The molecule has 2 heterocycles. The summed E-state index contributed by atoms with van der Waals surface area (Å²) >= 11 is 1.99. The van der Waals surface area contributed by atoms with Crippen molar-refractivity contribution in [2.75, 3.05) is 18.9 Å². The molecule has 1 aromatic rings. The zero-order valence-electron chi connectivity index (χ0n) is 10.9. The Balaban J connectivity index is 1.81. The third-order valence-electron chi connectivity index (χ3n) is 4.69. The van der Waals surface area contributed by atoms with Crippen LogP contribution in [0.15, 0.2) is 29.2 Å². The summed E-state index contributed by atoms with van der Waals surface area (Å²) in [6, 6.07) is 8.81. The van der Waals surface area contributed by atoms with Gasteiger partial charge in [0.15, 0.2) is 0 Å². The minimum Gasteiger partial charge on any atom is -0.378 e.